The van der Waals surface area contributed by atoms with E-state index in [1.807, 2.05) is 0 Å². The summed E-state index contributed by atoms with van der Waals surface area (Å²) in [6.45, 7) is 0. The summed E-state index contributed by atoms with van der Waals surface area (Å²) in [5.74, 6) is -0.524. The smallest absolute Gasteiger partial charge is 0.276 e. The normalized spacial score (nSPS) is 9.79. The average Bonchev–Trinajstić information content (AvgIpc) is 3.11. The highest BCUT2D eigenvalue weighted by Gasteiger charge is 2.13. The van der Waals surface area contributed by atoms with Crippen LogP contribution < -0.4 is 16.8 Å². The monoisotopic (exact) mass is 379 g/mol. The lowest BCUT2D eigenvalue weighted by molar-refractivity contribution is 0.102. The molecule has 3 rings (SSSR count). The molecule has 0 aliphatic rings. The zero-order valence-corrected chi connectivity index (χ0v) is 14.3. The van der Waals surface area contributed by atoms with Crippen LogP contribution in [0.15, 0.2) is 28.6 Å². The van der Waals surface area contributed by atoms with Crippen molar-refractivity contribution < 1.29 is 4.79 Å². The topological polar surface area (TPSA) is 143 Å². The van der Waals surface area contributed by atoms with Crippen molar-refractivity contribution in [1.29, 1.82) is 5.26 Å². The van der Waals surface area contributed by atoms with Crippen molar-refractivity contribution in [3.05, 3.63) is 34.8 Å². The minimum Gasteiger partial charge on any atom is -0.370 e. The molecule has 0 saturated heterocycles. The average molecular weight is 380 g/mol. The van der Waals surface area contributed by atoms with Crippen LogP contribution >= 0.6 is 35.1 Å². The van der Waals surface area contributed by atoms with Crippen molar-refractivity contribution in [2.75, 3.05) is 5.32 Å². The summed E-state index contributed by atoms with van der Waals surface area (Å²) in [5.41, 5.74) is 12.0. The molecule has 0 saturated carbocycles. The number of thiazole rings is 2. The van der Waals surface area contributed by atoms with Crippen molar-refractivity contribution in [3.8, 4) is 6.07 Å². The molecule has 8 nitrogen and oxygen atoms in total. The van der Waals surface area contributed by atoms with Gasteiger partial charge < -0.3 is 11.5 Å². The Balaban J connectivity index is 0.00000208. The largest absolute Gasteiger partial charge is 0.370 e. The molecule has 122 valence electrons. The van der Waals surface area contributed by atoms with E-state index < -0.39 is 5.91 Å². The van der Waals surface area contributed by atoms with E-state index in [9.17, 15) is 4.79 Å². The molecule has 5 N–H and O–H groups in total. The molecule has 1 amide bonds. The van der Waals surface area contributed by atoms with Gasteiger partial charge in [0.1, 0.15) is 5.69 Å². The lowest BCUT2D eigenvalue weighted by atomic mass is 10.2. The highest BCUT2D eigenvalue weighted by Crippen LogP contribution is 2.27. The second-order valence-corrected chi connectivity index (χ2v) is 6.19. The number of carbonyl (C=O) groups is 1. The number of nitrogens with one attached hydrogen (secondary N) is 1. The number of hydrogen-bond donors (Lipinski definition) is 3. The zero-order chi connectivity index (χ0) is 16.4. The Morgan fingerprint density at radius 2 is 2.12 bits per heavy atom. The zero-order valence-electron chi connectivity index (χ0n) is 11.9. The SMILES string of the molecule is Cl.N#Cc1ccc2nc(NC(=O)c3csc(N=C(N)N)n3)sc2c1. The molecule has 3 aromatic rings. The minimum atomic E-state index is -0.405. The van der Waals surface area contributed by atoms with Gasteiger partial charge in [0.05, 0.1) is 21.8 Å². The van der Waals surface area contributed by atoms with E-state index in [0.717, 1.165) is 16.0 Å². The van der Waals surface area contributed by atoms with Gasteiger partial charge in [-0.2, -0.15) is 10.3 Å². The lowest BCUT2D eigenvalue weighted by Crippen LogP contribution is -2.21. The Hall–Kier alpha value is -2.74. The maximum atomic E-state index is 12.1. The molecule has 0 aliphatic heterocycles. The van der Waals surface area contributed by atoms with E-state index in [2.05, 4.69) is 26.3 Å². The first-order valence-electron chi connectivity index (χ1n) is 6.22. The van der Waals surface area contributed by atoms with Crippen molar-refractivity contribution in [2.45, 2.75) is 0 Å². The number of nitriles is 1. The lowest BCUT2D eigenvalue weighted by Gasteiger charge is -1.96. The Bertz CT molecular complexity index is 968. The fourth-order valence-electron chi connectivity index (χ4n) is 1.74. The molecule has 0 aliphatic carbocycles. The highest BCUT2D eigenvalue weighted by molar-refractivity contribution is 7.22. The van der Waals surface area contributed by atoms with E-state index in [1.54, 1.807) is 23.6 Å². The summed E-state index contributed by atoms with van der Waals surface area (Å²) >= 11 is 2.44. The van der Waals surface area contributed by atoms with Gasteiger partial charge in [0, 0.05) is 5.38 Å². The molecule has 0 fully saturated rings. The van der Waals surface area contributed by atoms with Crippen LogP contribution in [0.2, 0.25) is 0 Å². The number of nitrogens with zero attached hydrogens (tertiary/aromatic N) is 4. The van der Waals surface area contributed by atoms with Crippen LogP contribution in [0.1, 0.15) is 16.1 Å². The van der Waals surface area contributed by atoms with Gasteiger partial charge in [-0.25, -0.2) is 9.97 Å². The Kier molecular flexibility index (Phi) is 5.30. The van der Waals surface area contributed by atoms with Gasteiger partial charge in [-0.15, -0.1) is 23.7 Å². The predicted molar refractivity (Wildman–Crippen MR) is 97.1 cm³/mol. The van der Waals surface area contributed by atoms with Gasteiger partial charge >= 0.3 is 0 Å². The molecular formula is C13H10ClN7OS2. The number of aliphatic imine (C=N–C) groups is 1. The third kappa shape index (κ3) is 3.77. The van der Waals surface area contributed by atoms with Crippen molar-refractivity contribution in [1.82, 2.24) is 9.97 Å². The summed E-state index contributed by atoms with van der Waals surface area (Å²) in [6.07, 6.45) is 0. The molecule has 0 spiro atoms. The van der Waals surface area contributed by atoms with Crippen LogP contribution in [0.4, 0.5) is 10.3 Å². The van der Waals surface area contributed by atoms with Crippen LogP contribution in [0.5, 0.6) is 0 Å². The number of benzene rings is 1. The maximum absolute atomic E-state index is 12.1. The van der Waals surface area contributed by atoms with E-state index in [4.69, 9.17) is 16.7 Å². The fraction of sp³-hybridized carbons (Fsp3) is 0. The van der Waals surface area contributed by atoms with Crippen LogP contribution in [-0.4, -0.2) is 21.8 Å². The van der Waals surface area contributed by atoms with Gasteiger partial charge in [-0.1, -0.05) is 11.3 Å². The number of halogens is 1. The molecule has 0 bridgehead atoms. The molecule has 0 unspecified atom stereocenters. The highest BCUT2D eigenvalue weighted by atomic mass is 35.5. The van der Waals surface area contributed by atoms with E-state index >= 15 is 0 Å². The molecule has 0 radical (unpaired) electrons. The number of nitrogens with two attached hydrogens (primary N) is 2. The molecule has 0 atom stereocenters. The number of amides is 1. The second kappa shape index (κ2) is 7.22. The minimum absolute atomic E-state index is 0. The van der Waals surface area contributed by atoms with Crippen molar-refractivity contribution in [2.24, 2.45) is 16.5 Å². The maximum Gasteiger partial charge on any atom is 0.276 e. The third-order valence-corrected chi connectivity index (χ3v) is 4.36. The van der Waals surface area contributed by atoms with E-state index in [1.165, 1.54) is 11.3 Å². The second-order valence-electron chi connectivity index (χ2n) is 4.32. The quantitative estimate of drug-likeness (QED) is 0.470. The Morgan fingerprint density at radius 1 is 1.33 bits per heavy atom. The summed E-state index contributed by atoms with van der Waals surface area (Å²) in [4.78, 5) is 24.2. The Morgan fingerprint density at radius 3 is 2.83 bits per heavy atom. The summed E-state index contributed by atoms with van der Waals surface area (Å²) in [7, 11) is 0. The van der Waals surface area contributed by atoms with Crippen LogP contribution in [0.3, 0.4) is 0 Å². The molecule has 2 heterocycles. The molecule has 2 aromatic heterocycles. The summed E-state index contributed by atoms with van der Waals surface area (Å²) < 4.78 is 0.818. The molecule has 1 aromatic carbocycles. The third-order valence-electron chi connectivity index (χ3n) is 2.69. The summed E-state index contributed by atoms with van der Waals surface area (Å²) in [5, 5.41) is 13.8. The number of rotatable bonds is 3. The number of guanidine groups is 1. The first-order valence-corrected chi connectivity index (χ1v) is 7.92. The van der Waals surface area contributed by atoms with Gasteiger partial charge in [0.25, 0.3) is 5.91 Å². The van der Waals surface area contributed by atoms with Crippen LogP contribution in [0.25, 0.3) is 10.2 Å². The number of fused-ring (bicyclic) bond motifs is 1. The number of carbonyl (C=O) groups excluding carboxylic acids is 1. The number of aromatic nitrogens is 2. The van der Waals surface area contributed by atoms with Gasteiger partial charge in [-0.3, -0.25) is 10.1 Å². The Labute approximate surface area is 150 Å². The first-order chi connectivity index (χ1) is 11.0. The van der Waals surface area contributed by atoms with Crippen molar-refractivity contribution in [3.63, 3.8) is 0 Å². The molecule has 24 heavy (non-hydrogen) atoms. The van der Waals surface area contributed by atoms with Gasteiger partial charge in [0.2, 0.25) is 5.13 Å². The van der Waals surface area contributed by atoms with Crippen LogP contribution in [0, 0.1) is 11.3 Å². The number of anilines is 1. The van der Waals surface area contributed by atoms with Crippen molar-refractivity contribution >= 4 is 67.4 Å². The standard InChI is InChI=1S/C13H9N7OS2.ClH/c14-4-6-1-2-7-9(3-6)23-13(17-7)19-10(21)8-5-22-12(18-8)20-11(15)16;/h1-3,5H,(H,17,19,21)(H4,15,16,18,20);1H. The summed E-state index contributed by atoms with van der Waals surface area (Å²) in [6, 6.07) is 7.20. The van der Waals surface area contributed by atoms with Gasteiger partial charge in [0.15, 0.2) is 11.1 Å². The molecule has 11 heteroatoms. The number of hydrogen-bond acceptors (Lipinski definition) is 7. The molecular weight excluding hydrogens is 370 g/mol. The van der Waals surface area contributed by atoms with Gasteiger partial charge in [-0.05, 0) is 18.2 Å². The van der Waals surface area contributed by atoms with Crippen LogP contribution in [-0.2, 0) is 0 Å². The first kappa shape index (κ1) is 17.6. The van der Waals surface area contributed by atoms with E-state index in [0.29, 0.717) is 21.3 Å². The fourth-order valence-corrected chi connectivity index (χ4v) is 3.33. The predicted octanol–water partition coefficient (Wildman–Crippen LogP) is 2.20. The van der Waals surface area contributed by atoms with E-state index in [-0.39, 0.29) is 24.1 Å².